The number of para-hydroxylation sites is 1. The van der Waals surface area contributed by atoms with E-state index >= 15 is 0 Å². The van der Waals surface area contributed by atoms with Gasteiger partial charge in [0.15, 0.2) is 17.5 Å². The van der Waals surface area contributed by atoms with Crippen molar-refractivity contribution in [1.29, 1.82) is 0 Å². The Labute approximate surface area is 195 Å². The molecule has 0 unspecified atom stereocenters. The molecule has 0 spiro atoms. The Balaban J connectivity index is 0.00000320. The molecule has 0 fully saturated rings. The number of fused-ring (bicyclic) bond motifs is 1. The molecular weight excluding hydrogens is 497 g/mol. The van der Waals surface area contributed by atoms with Gasteiger partial charge < -0.3 is 29.3 Å². The molecule has 1 aromatic heterocycles. The monoisotopic (exact) mass is 529 g/mol. The fraction of sp³-hybridized carbons (Fsp3) is 0.500. The first-order valence-electron chi connectivity index (χ1n) is 10.4. The summed E-state index contributed by atoms with van der Waals surface area (Å²) in [5.74, 6) is 3.32. The van der Waals surface area contributed by atoms with Crippen LogP contribution in [-0.2, 0) is 17.7 Å². The first kappa shape index (κ1) is 24.3. The maximum atomic E-state index is 5.90. The van der Waals surface area contributed by atoms with E-state index < -0.39 is 0 Å². The fourth-order valence-corrected chi connectivity index (χ4v) is 3.00. The predicted molar refractivity (Wildman–Crippen MR) is 128 cm³/mol. The van der Waals surface area contributed by atoms with Crippen LogP contribution in [0.2, 0.25) is 0 Å². The number of benzene rings is 1. The van der Waals surface area contributed by atoms with E-state index in [-0.39, 0.29) is 24.0 Å². The average molecular weight is 529 g/mol. The quantitative estimate of drug-likeness (QED) is 0.211. The minimum absolute atomic E-state index is 0. The van der Waals surface area contributed by atoms with Crippen molar-refractivity contribution >= 4 is 29.9 Å². The summed E-state index contributed by atoms with van der Waals surface area (Å²) in [6, 6.07) is 9.84. The third-order valence-electron chi connectivity index (χ3n) is 4.47. The summed E-state index contributed by atoms with van der Waals surface area (Å²) in [5.41, 5.74) is 1.02. The lowest BCUT2D eigenvalue weighted by atomic mass is 10.2. The highest BCUT2D eigenvalue weighted by atomic mass is 127. The fourth-order valence-electron chi connectivity index (χ4n) is 3.00. The van der Waals surface area contributed by atoms with Gasteiger partial charge in [-0.3, -0.25) is 0 Å². The lowest BCUT2D eigenvalue weighted by Gasteiger charge is -2.14. The molecule has 0 saturated heterocycles. The minimum atomic E-state index is 0. The zero-order chi connectivity index (χ0) is 20.2. The largest absolute Gasteiger partial charge is 0.490 e. The predicted octanol–water partition coefficient (Wildman–Crippen LogP) is 3.76. The standard InChI is InChI=1S/C22H31N3O4.HI/c1-2-26-13-5-11-23-22(24-12-10-19-8-4-14-27-19)25-17-18-7-3-9-20-21(18)29-16-6-15-28-20;/h3-4,7-9,14H,2,5-6,10-13,15-17H2,1H3,(H2,23,24,25);1H. The average Bonchev–Trinajstić information content (AvgIpc) is 3.14. The zero-order valence-electron chi connectivity index (χ0n) is 17.5. The molecule has 0 bridgehead atoms. The smallest absolute Gasteiger partial charge is 0.191 e. The van der Waals surface area contributed by atoms with Crippen molar-refractivity contribution in [2.45, 2.75) is 32.7 Å². The third kappa shape index (κ3) is 8.06. The van der Waals surface area contributed by atoms with Crippen LogP contribution in [0.5, 0.6) is 11.5 Å². The first-order chi connectivity index (χ1) is 14.4. The van der Waals surface area contributed by atoms with Crippen LogP contribution in [0.1, 0.15) is 31.1 Å². The van der Waals surface area contributed by atoms with Gasteiger partial charge in [-0.1, -0.05) is 12.1 Å². The number of hydrogen-bond donors (Lipinski definition) is 2. The summed E-state index contributed by atoms with van der Waals surface area (Å²) >= 11 is 0. The second kappa shape index (κ2) is 14.1. The Bertz CT molecular complexity index is 753. The Morgan fingerprint density at radius 3 is 2.80 bits per heavy atom. The number of guanidine groups is 1. The van der Waals surface area contributed by atoms with Gasteiger partial charge in [0.25, 0.3) is 0 Å². The van der Waals surface area contributed by atoms with Crippen LogP contribution < -0.4 is 20.1 Å². The number of rotatable bonds is 10. The topological polar surface area (TPSA) is 77.2 Å². The molecule has 7 nitrogen and oxygen atoms in total. The number of furan rings is 1. The third-order valence-corrected chi connectivity index (χ3v) is 4.47. The van der Waals surface area contributed by atoms with Crippen molar-refractivity contribution < 1.29 is 18.6 Å². The van der Waals surface area contributed by atoms with Gasteiger partial charge in [0.1, 0.15) is 5.76 Å². The van der Waals surface area contributed by atoms with E-state index in [0.29, 0.717) is 19.8 Å². The highest BCUT2D eigenvalue weighted by Crippen LogP contribution is 2.33. The summed E-state index contributed by atoms with van der Waals surface area (Å²) in [7, 11) is 0. The van der Waals surface area contributed by atoms with Crippen LogP contribution in [0, 0.1) is 0 Å². The highest BCUT2D eigenvalue weighted by Gasteiger charge is 2.14. The zero-order valence-corrected chi connectivity index (χ0v) is 19.9. The number of aliphatic imine (C=N–C) groups is 1. The molecule has 0 atom stereocenters. The molecule has 1 aliphatic heterocycles. The van der Waals surface area contributed by atoms with Crippen molar-refractivity contribution in [3.63, 3.8) is 0 Å². The summed E-state index contributed by atoms with van der Waals surface area (Å²) in [5, 5.41) is 6.76. The SMILES string of the molecule is CCOCCCNC(=NCc1cccc2c1OCCCO2)NCCc1ccco1.I. The molecule has 30 heavy (non-hydrogen) atoms. The van der Waals surface area contributed by atoms with Gasteiger partial charge >= 0.3 is 0 Å². The van der Waals surface area contributed by atoms with Crippen LogP contribution in [-0.4, -0.2) is 45.5 Å². The Hall–Kier alpha value is -1.94. The molecule has 3 rings (SSSR count). The van der Waals surface area contributed by atoms with E-state index in [1.54, 1.807) is 6.26 Å². The van der Waals surface area contributed by atoms with E-state index in [4.69, 9.17) is 23.6 Å². The lowest BCUT2D eigenvalue weighted by molar-refractivity contribution is 0.145. The molecular formula is C22H32IN3O4. The van der Waals surface area contributed by atoms with Gasteiger partial charge in [-0.15, -0.1) is 24.0 Å². The van der Waals surface area contributed by atoms with E-state index in [9.17, 15) is 0 Å². The van der Waals surface area contributed by atoms with Gasteiger partial charge in [0, 0.05) is 44.7 Å². The minimum Gasteiger partial charge on any atom is -0.490 e. The number of nitrogens with zero attached hydrogens (tertiary/aromatic N) is 1. The molecule has 8 heteroatoms. The molecule has 1 aromatic carbocycles. The highest BCUT2D eigenvalue weighted by molar-refractivity contribution is 14.0. The molecule has 0 amide bonds. The van der Waals surface area contributed by atoms with E-state index in [1.165, 1.54) is 0 Å². The van der Waals surface area contributed by atoms with Crippen LogP contribution in [0.4, 0.5) is 0 Å². The van der Waals surface area contributed by atoms with Gasteiger partial charge in [0.2, 0.25) is 0 Å². The van der Waals surface area contributed by atoms with Crippen molar-refractivity contribution in [2.24, 2.45) is 4.99 Å². The maximum absolute atomic E-state index is 5.90. The van der Waals surface area contributed by atoms with Crippen LogP contribution in [0.25, 0.3) is 0 Å². The van der Waals surface area contributed by atoms with Crippen molar-refractivity contribution in [3.8, 4) is 11.5 Å². The molecule has 1 aliphatic rings. The van der Waals surface area contributed by atoms with Crippen molar-refractivity contribution in [3.05, 3.63) is 47.9 Å². The summed E-state index contributed by atoms with van der Waals surface area (Å²) in [6.07, 6.45) is 4.30. The molecule has 166 valence electrons. The number of halogens is 1. The van der Waals surface area contributed by atoms with Gasteiger partial charge in [-0.2, -0.15) is 0 Å². The Morgan fingerprint density at radius 1 is 1.10 bits per heavy atom. The lowest BCUT2D eigenvalue weighted by Crippen LogP contribution is -2.39. The van der Waals surface area contributed by atoms with Gasteiger partial charge in [0.05, 0.1) is 26.0 Å². The first-order valence-corrected chi connectivity index (χ1v) is 10.4. The molecule has 2 heterocycles. The number of nitrogens with one attached hydrogen (secondary N) is 2. The second-order valence-electron chi connectivity index (χ2n) is 6.69. The van der Waals surface area contributed by atoms with E-state index in [2.05, 4.69) is 10.6 Å². The van der Waals surface area contributed by atoms with Crippen LogP contribution in [0.3, 0.4) is 0 Å². The second-order valence-corrected chi connectivity index (χ2v) is 6.69. The van der Waals surface area contributed by atoms with Gasteiger partial charge in [-0.25, -0.2) is 4.99 Å². The molecule has 0 radical (unpaired) electrons. The summed E-state index contributed by atoms with van der Waals surface area (Å²) in [4.78, 5) is 4.76. The van der Waals surface area contributed by atoms with E-state index in [1.807, 2.05) is 37.3 Å². The number of ether oxygens (including phenoxy) is 3. The molecule has 0 aliphatic carbocycles. The van der Waals surface area contributed by atoms with Gasteiger partial charge in [-0.05, 0) is 31.5 Å². The molecule has 2 N–H and O–H groups in total. The van der Waals surface area contributed by atoms with Crippen molar-refractivity contribution in [2.75, 3.05) is 39.5 Å². The normalized spacial score (nSPS) is 13.3. The van der Waals surface area contributed by atoms with Crippen LogP contribution >= 0.6 is 24.0 Å². The summed E-state index contributed by atoms with van der Waals surface area (Å²) in [6.45, 7) is 6.86. The maximum Gasteiger partial charge on any atom is 0.191 e. The molecule has 0 saturated carbocycles. The Morgan fingerprint density at radius 2 is 1.97 bits per heavy atom. The Kier molecular flexibility index (Phi) is 11.5. The number of hydrogen-bond acceptors (Lipinski definition) is 5. The van der Waals surface area contributed by atoms with E-state index in [0.717, 1.165) is 74.3 Å². The summed E-state index contributed by atoms with van der Waals surface area (Å²) < 4.78 is 22.5. The van der Waals surface area contributed by atoms with Crippen LogP contribution in [0.15, 0.2) is 46.0 Å². The molecule has 2 aromatic rings. The van der Waals surface area contributed by atoms with Crippen molar-refractivity contribution in [1.82, 2.24) is 10.6 Å².